The van der Waals surface area contributed by atoms with E-state index in [1.807, 2.05) is 0 Å². The molecule has 3 aromatic rings. The Hall–Kier alpha value is -3.08. The van der Waals surface area contributed by atoms with Gasteiger partial charge in [0.25, 0.3) is 0 Å². The standard InChI is InChI=1S/C21H19O6P/c1-24-21(22)20(17-11-5-2-6-12-17)27-28(23,25-18-13-7-3-8-14-18)26-19-15-9-4-10-16-19/h2-16,20H,1H3. The van der Waals surface area contributed by atoms with Crippen LogP contribution >= 0.6 is 7.82 Å². The third-order valence-corrected chi connectivity index (χ3v) is 5.01. The molecule has 144 valence electrons. The predicted octanol–water partition coefficient (Wildman–Crippen LogP) is 5.18. The third-order valence-electron chi connectivity index (χ3n) is 3.67. The van der Waals surface area contributed by atoms with Crippen molar-refractivity contribution in [2.45, 2.75) is 6.10 Å². The molecule has 0 aliphatic heterocycles. The SMILES string of the molecule is COC(=O)C(OP(=O)(Oc1ccccc1)Oc1ccccc1)c1ccccc1. The average Bonchev–Trinajstić information content (AvgIpc) is 2.73. The van der Waals surface area contributed by atoms with E-state index in [1.165, 1.54) is 7.11 Å². The first kappa shape index (κ1) is 19.7. The zero-order valence-corrected chi connectivity index (χ0v) is 16.0. The van der Waals surface area contributed by atoms with Crippen LogP contribution in [0.2, 0.25) is 0 Å². The Balaban J connectivity index is 1.94. The number of rotatable bonds is 8. The summed E-state index contributed by atoms with van der Waals surface area (Å²) in [5.41, 5.74) is 0.461. The van der Waals surface area contributed by atoms with Gasteiger partial charge in [0.2, 0.25) is 0 Å². The van der Waals surface area contributed by atoms with Gasteiger partial charge in [-0.15, -0.1) is 0 Å². The number of benzene rings is 3. The molecule has 3 rings (SSSR count). The number of para-hydroxylation sites is 2. The Morgan fingerprint density at radius 2 is 1.18 bits per heavy atom. The lowest BCUT2D eigenvalue weighted by Gasteiger charge is -2.23. The summed E-state index contributed by atoms with van der Waals surface area (Å²) in [5, 5.41) is 0. The van der Waals surface area contributed by atoms with Gasteiger partial charge in [-0.3, -0.25) is 0 Å². The summed E-state index contributed by atoms with van der Waals surface area (Å²) in [4.78, 5) is 12.3. The van der Waals surface area contributed by atoms with Gasteiger partial charge in [0, 0.05) is 0 Å². The largest absolute Gasteiger partial charge is 0.588 e. The molecule has 0 spiro atoms. The Kier molecular flexibility index (Phi) is 6.48. The highest BCUT2D eigenvalue weighted by Gasteiger charge is 2.39. The van der Waals surface area contributed by atoms with Crippen molar-refractivity contribution in [1.82, 2.24) is 0 Å². The number of ether oxygens (including phenoxy) is 1. The highest BCUT2D eigenvalue weighted by atomic mass is 31.2. The molecule has 7 heteroatoms. The first-order valence-corrected chi connectivity index (χ1v) is 9.96. The van der Waals surface area contributed by atoms with Gasteiger partial charge in [-0.1, -0.05) is 66.7 Å². The summed E-state index contributed by atoms with van der Waals surface area (Å²) in [6.07, 6.45) is -1.29. The quantitative estimate of drug-likeness (QED) is 0.384. The van der Waals surface area contributed by atoms with Crippen LogP contribution < -0.4 is 9.05 Å². The molecule has 1 atom stereocenters. The molecule has 0 saturated carbocycles. The molecule has 0 heterocycles. The van der Waals surface area contributed by atoms with Gasteiger partial charge in [0.1, 0.15) is 11.5 Å². The summed E-state index contributed by atoms with van der Waals surface area (Å²) in [6.45, 7) is 0. The lowest BCUT2D eigenvalue weighted by molar-refractivity contribution is -0.149. The van der Waals surface area contributed by atoms with E-state index in [0.29, 0.717) is 5.56 Å². The van der Waals surface area contributed by atoms with Crippen molar-refractivity contribution in [1.29, 1.82) is 0 Å². The maximum Gasteiger partial charge on any atom is 0.588 e. The molecular weight excluding hydrogens is 379 g/mol. The molecule has 0 bridgehead atoms. The van der Waals surface area contributed by atoms with Crippen LogP contribution in [-0.4, -0.2) is 13.1 Å². The lowest BCUT2D eigenvalue weighted by Crippen LogP contribution is -2.19. The summed E-state index contributed by atoms with van der Waals surface area (Å²) >= 11 is 0. The van der Waals surface area contributed by atoms with Crippen molar-refractivity contribution in [3.63, 3.8) is 0 Å². The number of phosphoric acid groups is 1. The van der Waals surface area contributed by atoms with Crippen LogP contribution in [0.15, 0.2) is 91.0 Å². The topological polar surface area (TPSA) is 71.1 Å². The fourth-order valence-electron chi connectivity index (χ4n) is 2.39. The Morgan fingerprint density at radius 3 is 1.61 bits per heavy atom. The van der Waals surface area contributed by atoms with Crippen LogP contribution in [-0.2, 0) is 18.6 Å². The van der Waals surface area contributed by atoms with Crippen LogP contribution in [0.5, 0.6) is 11.5 Å². The Labute approximate surface area is 163 Å². The Morgan fingerprint density at radius 1 is 0.750 bits per heavy atom. The molecule has 0 aliphatic rings. The van der Waals surface area contributed by atoms with Gasteiger partial charge in [-0.25, -0.2) is 13.9 Å². The highest BCUT2D eigenvalue weighted by Crippen LogP contribution is 2.53. The predicted molar refractivity (Wildman–Crippen MR) is 104 cm³/mol. The van der Waals surface area contributed by atoms with Crippen LogP contribution in [0.25, 0.3) is 0 Å². The van der Waals surface area contributed by atoms with Crippen molar-refractivity contribution in [2.24, 2.45) is 0 Å². The van der Waals surface area contributed by atoms with E-state index >= 15 is 0 Å². The van der Waals surface area contributed by atoms with E-state index in [4.69, 9.17) is 18.3 Å². The maximum atomic E-state index is 13.5. The second-order valence-electron chi connectivity index (χ2n) is 5.68. The maximum absolute atomic E-state index is 13.5. The summed E-state index contributed by atoms with van der Waals surface area (Å²) < 4.78 is 35.0. The molecule has 0 saturated heterocycles. The van der Waals surface area contributed by atoms with E-state index in [0.717, 1.165) is 0 Å². The van der Waals surface area contributed by atoms with Crippen molar-refractivity contribution in [3.05, 3.63) is 96.6 Å². The minimum Gasteiger partial charge on any atom is -0.467 e. The van der Waals surface area contributed by atoms with Crippen molar-refractivity contribution < 1.29 is 27.7 Å². The minimum absolute atomic E-state index is 0.276. The number of hydrogen-bond acceptors (Lipinski definition) is 6. The van der Waals surface area contributed by atoms with E-state index in [1.54, 1.807) is 91.0 Å². The zero-order valence-electron chi connectivity index (χ0n) is 15.1. The molecule has 28 heavy (non-hydrogen) atoms. The van der Waals surface area contributed by atoms with Crippen LogP contribution in [0.4, 0.5) is 0 Å². The minimum atomic E-state index is -4.25. The Bertz CT molecular complexity index is 885. The van der Waals surface area contributed by atoms with Gasteiger partial charge in [-0.05, 0) is 29.8 Å². The van der Waals surface area contributed by atoms with Gasteiger partial charge in [0.15, 0.2) is 6.10 Å². The normalized spacial score (nSPS) is 12.0. The van der Waals surface area contributed by atoms with E-state index < -0.39 is 19.9 Å². The smallest absolute Gasteiger partial charge is 0.467 e. The molecule has 0 fully saturated rings. The molecule has 0 radical (unpaired) electrons. The average molecular weight is 398 g/mol. The van der Waals surface area contributed by atoms with Crippen LogP contribution in [0.3, 0.4) is 0 Å². The fourth-order valence-corrected chi connectivity index (χ4v) is 3.74. The first-order valence-electron chi connectivity index (χ1n) is 8.50. The molecule has 0 aromatic heterocycles. The fraction of sp³-hybridized carbons (Fsp3) is 0.0952. The molecule has 1 unspecified atom stereocenters. The van der Waals surface area contributed by atoms with Gasteiger partial charge >= 0.3 is 13.8 Å². The summed E-state index contributed by atoms with van der Waals surface area (Å²) in [5.74, 6) is -0.170. The lowest BCUT2D eigenvalue weighted by atomic mass is 10.1. The van der Waals surface area contributed by atoms with Crippen LogP contribution in [0.1, 0.15) is 11.7 Å². The molecule has 3 aromatic carbocycles. The number of carbonyl (C=O) groups is 1. The van der Waals surface area contributed by atoms with Crippen molar-refractivity contribution >= 4 is 13.8 Å². The number of carbonyl (C=O) groups excluding carboxylic acids is 1. The molecule has 0 amide bonds. The van der Waals surface area contributed by atoms with E-state index in [-0.39, 0.29) is 11.5 Å². The first-order chi connectivity index (χ1) is 13.6. The van der Waals surface area contributed by atoms with Gasteiger partial charge in [-0.2, -0.15) is 0 Å². The number of methoxy groups -OCH3 is 1. The van der Waals surface area contributed by atoms with Gasteiger partial charge in [0.05, 0.1) is 7.11 Å². The molecular formula is C21H19O6P. The number of hydrogen-bond donors (Lipinski definition) is 0. The molecule has 0 aliphatic carbocycles. The summed E-state index contributed by atoms with van der Waals surface area (Å²) in [6, 6.07) is 25.5. The monoisotopic (exact) mass is 398 g/mol. The van der Waals surface area contributed by atoms with Crippen molar-refractivity contribution in [2.75, 3.05) is 7.11 Å². The number of esters is 1. The summed E-state index contributed by atoms with van der Waals surface area (Å²) in [7, 11) is -3.03. The number of phosphoric ester groups is 1. The molecule has 0 N–H and O–H groups in total. The zero-order chi connectivity index (χ0) is 19.8. The third kappa shape index (κ3) is 5.22. The van der Waals surface area contributed by atoms with E-state index in [9.17, 15) is 9.36 Å². The second-order valence-corrected chi connectivity index (χ2v) is 7.15. The van der Waals surface area contributed by atoms with Crippen LogP contribution in [0, 0.1) is 0 Å². The molecule has 6 nitrogen and oxygen atoms in total. The van der Waals surface area contributed by atoms with Gasteiger partial charge < -0.3 is 13.8 Å². The van der Waals surface area contributed by atoms with Crippen molar-refractivity contribution in [3.8, 4) is 11.5 Å². The highest BCUT2D eigenvalue weighted by molar-refractivity contribution is 7.49. The van der Waals surface area contributed by atoms with E-state index in [2.05, 4.69) is 0 Å². The second kappa shape index (κ2) is 9.22.